The maximum absolute atomic E-state index is 10.6. The molecule has 0 saturated heterocycles. The molecule has 0 radical (unpaired) electrons. The van der Waals surface area contributed by atoms with E-state index >= 15 is 0 Å². The molecule has 2 rings (SSSR count). The van der Waals surface area contributed by atoms with Gasteiger partial charge in [-0.1, -0.05) is 30.3 Å². The summed E-state index contributed by atoms with van der Waals surface area (Å²) in [4.78, 5) is 10.2. The SMILES string of the molecule is [2H]N(c1ccc([N+](=O)[O-])cc1)C(C)(C)c1ccccc1. The molecule has 1 N–H and O–H groups in total. The lowest BCUT2D eigenvalue weighted by atomic mass is 9.94. The molecule has 2 aromatic carbocycles. The van der Waals surface area contributed by atoms with Crippen LogP contribution in [0, 0.1) is 10.1 Å². The molecule has 2 aromatic rings. The Morgan fingerprint density at radius 3 is 2.21 bits per heavy atom. The fourth-order valence-corrected chi connectivity index (χ4v) is 1.88. The van der Waals surface area contributed by atoms with Crippen molar-refractivity contribution in [2.45, 2.75) is 19.4 Å². The Kier molecular flexibility index (Phi) is 3.14. The molecular formula is C15H16N2O2. The molecule has 98 valence electrons. The third-order valence-electron chi connectivity index (χ3n) is 2.95. The van der Waals surface area contributed by atoms with Gasteiger partial charge in [0.25, 0.3) is 5.69 Å². The average molecular weight is 257 g/mol. The number of benzene rings is 2. The van der Waals surface area contributed by atoms with Gasteiger partial charge in [-0.05, 0) is 31.5 Å². The summed E-state index contributed by atoms with van der Waals surface area (Å²) in [6.07, 6.45) is 0. The highest BCUT2D eigenvalue weighted by Gasteiger charge is 2.19. The van der Waals surface area contributed by atoms with Crippen molar-refractivity contribution in [2.24, 2.45) is 0 Å². The van der Waals surface area contributed by atoms with Gasteiger partial charge in [0.05, 0.1) is 10.5 Å². The number of nitrogens with zero attached hydrogens (tertiary/aromatic N) is 1. The Balaban J connectivity index is 2.30. The van der Waals surface area contributed by atoms with Crippen LogP contribution in [0.15, 0.2) is 54.6 Å². The van der Waals surface area contributed by atoms with Crippen molar-refractivity contribution in [3.05, 3.63) is 70.3 Å². The van der Waals surface area contributed by atoms with Gasteiger partial charge in [-0.15, -0.1) is 0 Å². The fourth-order valence-electron chi connectivity index (χ4n) is 1.88. The minimum atomic E-state index is -0.530. The van der Waals surface area contributed by atoms with Gasteiger partial charge in [0, 0.05) is 17.8 Å². The Hall–Kier alpha value is -2.36. The molecule has 0 heterocycles. The van der Waals surface area contributed by atoms with Gasteiger partial charge in [0.15, 0.2) is 1.41 Å². The summed E-state index contributed by atoms with van der Waals surface area (Å²) < 4.78 is 8.29. The molecule has 0 atom stereocenters. The van der Waals surface area contributed by atoms with Crippen LogP contribution in [0.4, 0.5) is 11.4 Å². The van der Waals surface area contributed by atoms with Crippen molar-refractivity contribution >= 4 is 11.4 Å². The standard InChI is InChI=1S/C15H16N2O2/c1-15(2,12-6-4-3-5-7-12)16-13-8-10-14(11-9-13)17(18)19/h3-11,16H,1-2H3/i/hD. The van der Waals surface area contributed by atoms with Crippen molar-refractivity contribution < 1.29 is 6.34 Å². The molecule has 0 spiro atoms. The van der Waals surface area contributed by atoms with Crippen LogP contribution in [0.2, 0.25) is 1.41 Å². The zero-order valence-electron chi connectivity index (χ0n) is 11.9. The highest BCUT2D eigenvalue weighted by Crippen LogP contribution is 2.26. The number of nitro benzene ring substituents is 1. The second-order valence-corrected chi connectivity index (χ2v) is 4.81. The van der Waals surface area contributed by atoms with Crippen molar-refractivity contribution in [1.82, 2.24) is 0 Å². The fraction of sp³-hybridized carbons (Fsp3) is 0.200. The van der Waals surface area contributed by atoms with Gasteiger partial charge < -0.3 is 5.31 Å². The summed E-state index contributed by atoms with van der Waals surface area (Å²) in [6.45, 7) is 3.88. The van der Waals surface area contributed by atoms with Crippen molar-refractivity contribution in [2.75, 3.05) is 5.31 Å². The van der Waals surface area contributed by atoms with Gasteiger partial charge >= 0.3 is 0 Å². The van der Waals surface area contributed by atoms with E-state index in [1.807, 2.05) is 44.2 Å². The highest BCUT2D eigenvalue weighted by molar-refractivity contribution is 5.51. The Bertz CT molecular complexity index is 597. The number of hydrogen-bond acceptors (Lipinski definition) is 3. The molecule has 0 amide bonds. The number of hydrogen-bond donors (Lipinski definition) is 1. The molecule has 4 nitrogen and oxygen atoms in total. The molecule has 0 saturated carbocycles. The minimum Gasteiger partial charge on any atom is -0.376 e. The third kappa shape index (κ3) is 3.10. The molecule has 0 aliphatic heterocycles. The van der Waals surface area contributed by atoms with Gasteiger partial charge in [-0.3, -0.25) is 10.1 Å². The largest absolute Gasteiger partial charge is 0.376 e. The van der Waals surface area contributed by atoms with Crippen LogP contribution < -0.4 is 5.31 Å². The van der Waals surface area contributed by atoms with E-state index in [0.717, 1.165) is 5.56 Å². The van der Waals surface area contributed by atoms with Crippen molar-refractivity contribution in [3.8, 4) is 0 Å². The van der Waals surface area contributed by atoms with Crippen LogP contribution in [0.1, 0.15) is 19.4 Å². The average Bonchev–Trinajstić information content (AvgIpc) is 2.47. The molecular weight excluding hydrogens is 240 g/mol. The highest BCUT2D eigenvalue weighted by atomic mass is 16.6. The van der Waals surface area contributed by atoms with Crippen LogP contribution >= 0.6 is 0 Å². The topological polar surface area (TPSA) is 55.2 Å². The first-order chi connectivity index (χ1) is 9.43. The summed E-state index contributed by atoms with van der Waals surface area (Å²) >= 11 is 0. The lowest BCUT2D eigenvalue weighted by Gasteiger charge is -2.28. The molecule has 0 aliphatic rings. The first-order valence-electron chi connectivity index (χ1n) is 6.47. The number of rotatable bonds is 4. The molecule has 0 aliphatic carbocycles. The second kappa shape index (κ2) is 5.10. The quantitative estimate of drug-likeness (QED) is 0.666. The molecule has 0 bridgehead atoms. The molecule has 0 aromatic heterocycles. The molecule has 4 heteroatoms. The summed E-state index contributed by atoms with van der Waals surface area (Å²) in [5.74, 6) is 0. The maximum atomic E-state index is 10.6. The van der Waals surface area contributed by atoms with E-state index in [2.05, 4.69) is 0 Å². The number of non-ortho nitro benzene ring substituents is 1. The first kappa shape index (κ1) is 11.7. The van der Waals surface area contributed by atoms with Gasteiger partial charge in [-0.25, -0.2) is 0 Å². The van der Waals surface area contributed by atoms with E-state index in [9.17, 15) is 10.1 Å². The minimum absolute atomic E-state index is 0.0275. The first-order valence-corrected chi connectivity index (χ1v) is 6.02. The van der Waals surface area contributed by atoms with Gasteiger partial charge in [0.2, 0.25) is 0 Å². The summed E-state index contributed by atoms with van der Waals surface area (Å²) in [6, 6.07) is 15.7. The Morgan fingerprint density at radius 2 is 1.68 bits per heavy atom. The predicted molar refractivity (Wildman–Crippen MR) is 76.2 cm³/mol. The van der Waals surface area contributed by atoms with E-state index in [0.29, 0.717) is 5.69 Å². The molecule has 19 heavy (non-hydrogen) atoms. The zero-order valence-corrected chi connectivity index (χ0v) is 10.9. The predicted octanol–water partition coefficient (Wildman–Crippen LogP) is 3.94. The summed E-state index contributed by atoms with van der Waals surface area (Å²) in [5, 5.41) is 12.0. The molecule has 0 fully saturated rings. The maximum Gasteiger partial charge on any atom is 0.269 e. The van der Waals surface area contributed by atoms with E-state index in [1.165, 1.54) is 17.4 Å². The Morgan fingerprint density at radius 1 is 1.11 bits per heavy atom. The summed E-state index contributed by atoms with van der Waals surface area (Å²) in [7, 11) is 0. The van der Waals surface area contributed by atoms with Gasteiger partial charge in [0.1, 0.15) is 0 Å². The monoisotopic (exact) mass is 257 g/mol. The van der Waals surface area contributed by atoms with Crippen LogP contribution in [0.3, 0.4) is 0 Å². The number of anilines is 1. The molecule has 0 unspecified atom stereocenters. The summed E-state index contributed by atoms with van der Waals surface area (Å²) in [5.41, 5.74) is 1.12. The van der Waals surface area contributed by atoms with Crippen LogP contribution in [-0.4, -0.2) is 4.92 Å². The van der Waals surface area contributed by atoms with E-state index < -0.39 is 10.5 Å². The zero-order chi connectivity index (χ0) is 14.8. The Labute approximate surface area is 113 Å². The van der Waals surface area contributed by atoms with E-state index in [1.54, 1.807) is 12.1 Å². The van der Waals surface area contributed by atoms with Crippen molar-refractivity contribution in [3.63, 3.8) is 0 Å². The number of nitro groups is 1. The van der Waals surface area contributed by atoms with Gasteiger partial charge in [-0.2, -0.15) is 0 Å². The normalized spacial score (nSPS) is 11.8. The lowest BCUT2D eigenvalue weighted by Crippen LogP contribution is -2.27. The third-order valence-corrected chi connectivity index (χ3v) is 2.95. The van der Waals surface area contributed by atoms with Crippen molar-refractivity contribution in [1.29, 1.82) is 0 Å². The van der Waals surface area contributed by atoms with E-state index in [-0.39, 0.29) is 5.69 Å². The lowest BCUT2D eigenvalue weighted by molar-refractivity contribution is -0.384. The smallest absolute Gasteiger partial charge is 0.269 e. The second-order valence-electron chi connectivity index (χ2n) is 4.81. The number of nitrogens with one attached hydrogen (secondary N) is 1. The van der Waals surface area contributed by atoms with E-state index in [4.69, 9.17) is 1.41 Å². The van der Waals surface area contributed by atoms with Crippen LogP contribution in [0.5, 0.6) is 0 Å². The van der Waals surface area contributed by atoms with Crippen LogP contribution in [-0.2, 0) is 5.54 Å². The van der Waals surface area contributed by atoms with Crippen LogP contribution in [0.25, 0.3) is 0 Å².